The molecule has 9 heteroatoms. The van der Waals surface area contributed by atoms with E-state index in [-0.39, 0.29) is 17.4 Å². The molecular weight excluding hydrogens is 524 g/mol. The molecule has 0 aliphatic carbocycles. The van der Waals surface area contributed by atoms with Crippen LogP contribution in [0.5, 0.6) is 0 Å². The molecule has 2 aromatic carbocycles. The molecule has 4 heterocycles. The Balaban J connectivity index is 1.28. The number of rotatable bonds is 6. The van der Waals surface area contributed by atoms with Gasteiger partial charge in [0.15, 0.2) is 5.65 Å². The highest BCUT2D eigenvalue weighted by Gasteiger charge is 2.22. The van der Waals surface area contributed by atoms with Gasteiger partial charge in [-0.05, 0) is 65.8 Å². The van der Waals surface area contributed by atoms with Gasteiger partial charge in [-0.15, -0.1) is 0 Å². The number of imidazole rings is 1. The fourth-order valence-electron chi connectivity index (χ4n) is 5.35. The molecule has 42 heavy (non-hydrogen) atoms. The number of nitrogens with zero attached hydrogens (tertiary/aromatic N) is 5. The molecule has 1 fully saturated rings. The first-order valence-electron chi connectivity index (χ1n) is 14.2. The minimum absolute atomic E-state index is 0.0295. The lowest BCUT2D eigenvalue weighted by molar-refractivity contribution is 0.102. The van der Waals surface area contributed by atoms with Crippen LogP contribution in [-0.2, 0) is 5.41 Å². The van der Waals surface area contributed by atoms with Crippen molar-refractivity contribution in [2.75, 3.05) is 28.6 Å². The number of carbonyl (C=O) groups is 1. The van der Waals surface area contributed by atoms with E-state index in [0.717, 1.165) is 53.2 Å². The highest BCUT2D eigenvalue weighted by molar-refractivity contribution is 6.05. The summed E-state index contributed by atoms with van der Waals surface area (Å²) in [5, 5.41) is 6.57. The molecule has 214 valence electrons. The topological polar surface area (TPSA) is 113 Å². The Morgan fingerprint density at radius 1 is 1.02 bits per heavy atom. The van der Waals surface area contributed by atoms with Crippen LogP contribution < -0.4 is 21.3 Å². The molecular formula is C33H36N8O. The molecule has 4 N–H and O–H groups in total. The second kappa shape index (κ2) is 10.9. The fourth-order valence-corrected chi connectivity index (χ4v) is 5.35. The Kier molecular flexibility index (Phi) is 7.12. The van der Waals surface area contributed by atoms with Gasteiger partial charge in [0.2, 0.25) is 5.95 Å². The van der Waals surface area contributed by atoms with E-state index in [4.69, 9.17) is 10.7 Å². The molecule has 0 bridgehead atoms. The number of nitrogens with two attached hydrogens (primary N) is 1. The molecule has 1 saturated heterocycles. The summed E-state index contributed by atoms with van der Waals surface area (Å²) in [6.07, 6.45) is 8.43. The van der Waals surface area contributed by atoms with Crippen LogP contribution in [0, 0.1) is 6.92 Å². The van der Waals surface area contributed by atoms with Crippen LogP contribution in [0.25, 0.3) is 16.8 Å². The van der Waals surface area contributed by atoms with Crippen molar-refractivity contribution >= 4 is 34.7 Å². The van der Waals surface area contributed by atoms with Crippen LogP contribution >= 0.6 is 0 Å². The van der Waals surface area contributed by atoms with Gasteiger partial charge in [0.05, 0.1) is 5.69 Å². The third-order valence-corrected chi connectivity index (χ3v) is 7.81. The van der Waals surface area contributed by atoms with Gasteiger partial charge in [-0.1, -0.05) is 45.0 Å². The number of pyridine rings is 1. The van der Waals surface area contributed by atoms with Crippen molar-refractivity contribution in [2.45, 2.75) is 45.6 Å². The van der Waals surface area contributed by atoms with Crippen molar-refractivity contribution in [1.82, 2.24) is 19.4 Å². The third-order valence-electron chi connectivity index (χ3n) is 7.81. The molecule has 0 radical (unpaired) electrons. The van der Waals surface area contributed by atoms with Gasteiger partial charge in [-0.25, -0.2) is 9.97 Å². The lowest BCUT2D eigenvalue weighted by Gasteiger charge is -2.19. The van der Waals surface area contributed by atoms with Crippen molar-refractivity contribution in [2.24, 2.45) is 5.73 Å². The number of anilines is 4. The quantitative estimate of drug-likeness (QED) is 0.236. The Hall–Kier alpha value is -4.76. The largest absolute Gasteiger partial charge is 0.339 e. The summed E-state index contributed by atoms with van der Waals surface area (Å²) in [5.74, 6) is 1.20. The van der Waals surface area contributed by atoms with Gasteiger partial charge in [0.25, 0.3) is 5.91 Å². The SMILES string of the molecule is Cc1c(NC(=O)c2ccc(C(C)(C)C)cc2)cccc1-c1cc(Nc2ccnc(N3CC[C@@H](N)C3)n2)c2nccn2c1. The van der Waals surface area contributed by atoms with Crippen LogP contribution in [-0.4, -0.2) is 44.4 Å². The molecule has 6 rings (SSSR count). The van der Waals surface area contributed by atoms with Gasteiger partial charge in [-0.3, -0.25) is 4.79 Å². The van der Waals surface area contributed by atoms with Gasteiger partial charge in [0, 0.05) is 60.7 Å². The molecule has 5 aromatic rings. The minimum Gasteiger partial charge on any atom is -0.339 e. The molecule has 9 nitrogen and oxygen atoms in total. The maximum Gasteiger partial charge on any atom is 0.255 e. The molecule has 0 unspecified atom stereocenters. The predicted octanol–water partition coefficient (Wildman–Crippen LogP) is 5.93. The molecule has 1 amide bonds. The second-order valence-corrected chi connectivity index (χ2v) is 11.9. The highest BCUT2D eigenvalue weighted by Crippen LogP contribution is 2.33. The number of hydrogen-bond donors (Lipinski definition) is 3. The lowest BCUT2D eigenvalue weighted by atomic mass is 9.86. The Morgan fingerprint density at radius 2 is 1.83 bits per heavy atom. The molecule has 1 aliphatic heterocycles. The van der Waals surface area contributed by atoms with Crippen LogP contribution in [0.2, 0.25) is 0 Å². The molecule has 0 spiro atoms. The van der Waals surface area contributed by atoms with Gasteiger partial charge in [0.1, 0.15) is 5.82 Å². The maximum atomic E-state index is 13.2. The van der Waals surface area contributed by atoms with E-state index in [0.29, 0.717) is 17.3 Å². The smallest absolute Gasteiger partial charge is 0.255 e. The number of nitrogens with one attached hydrogen (secondary N) is 2. The van der Waals surface area contributed by atoms with Crippen LogP contribution in [0.1, 0.15) is 48.7 Å². The van der Waals surface area contributed by atoms with E-state index in [9.17, 15) is 4.79 Å². The number of benzene rings is 2. The Labute approximate surface area is 245 Å². The van der Waals surface area contributed by atoms with Crippen molar-refractivity contribution < 1.29 is 4.79 Å². The predicted molar refractivity (Wildman–Crippen MR) is 169 cm³/mol. The molecule has 1 aliphatic rings. The van der Waals surface area contributed by atoms with E-state index in [2.05, 4.69) is 58.4 Å². The average molecular weight is 561 g/mol. The number of aromatic nitrogens is 4. The first kappa shape index (κ1) is 27.4. The standard InChI is InChI=1S/C33H36N8O/c1-21-26(6-5-7-27(21)38-31(42)22-8-10-24(11-9-22)33(2,3)4)23-18-28(30-35-15-17-40(30)19-23)37-29-12-14-36-32(39-29)41-16-13-25(34)20-41/h5-12,14-15,17-19,25H,13,16,20,34H2,1-4H3,(H,38,42)(H,36,37,39)/t25-/m1/s1. The average Bonchev–Trinajstić information content (AvgIpc) is 3.63. The Morgan fingerprint density at radius 3 is 2.57 bits per heavy atom. The number of fused-ring (bicyclic) bond motifs is 1. The summed E-state index contributed by atoms with van der Waals surface area (Å²) in [7, 11) is 0. The maximum absolute atomic E-state index is 13.2. The van der Waals surface area contributed by atoms with E-state index in [1.165, 1.54) is 5.56 Å². The Bertz CT molecular complexity index is 1750. The monoisotopic (exact) mass is 560 g/mol. The zero-order valence-corrected chi connectivity index (χ0v) is 24.4. The van der Waals surface area contributed by atoms with E-state index < -0.39 is 0 Å². The third kappa shape index (κ3) is 5.56. The van der Waals surface area contributed by atoms with Crippen molar-refractivity contribution in [3.63, 3.8) is 0 Å². The zero-order chi connectivity index (χ0) is 29.4. The summed E-state index contributed by atoms with van der Waals surface area (Å²) in [6, 6.07) is 17.8. The number of hydrogen-bond acceptors (Lipinski definition) is 7. The number of amides is 1. The summed E-state index contributed by atoms with van der Waals surface area (Å²) >= 11 is 0. The van der Waals surface area contributed by atoms with E-state index in [1.807, 2.05) is 66.2 Å². The second-order valence-electron chi connectivity index (χ2n) is 11.9. The molecule has 0 saturated carbocycles. The van der Waals surface area contributed by atoms with Crippen LogP contribution in [0.3, 0.4) is 0 Å². The fraction of sp³-hybridized carbons (Fsp3) is 0.273. The first-order valence-corrected chi connectivity index (χ1v) is 14.2. The molecule has 3 aromatic heterocycles. The number of carbonyl (C=O) groups excluding carboxylic acids is 1. The van der Waals surface area contributed by atoms with Crippen LogP contribution in [0.4, 0.5) is 23.1 Å². The van der Waals surface area contributed by atoms with Crippen molar-refractivity contribution in [3.8, 4) is 11.1 Å². The summed E-state index contributed by atoms with van der Waals surface area (Å²) in [5.41, 5.74) is 13.3. The van der Waals surface area contributed by atoms with Crippen LogP contribution in [0.15, 0.2) is 79.4 Å². The highest BCUT2D eigenvalue weighted by atomic mass is 16.1. The summed E-state index contributed by atoms with van der Waals surface area (Å²) < 4.78 is 1.99. The summed E-state index contributed by atoms with van der Waals surface area (Å²) in [6.45, 7) is 10.1. The zero-order valence-electron chi connectivity index (χ0n) is 24.4. The molecule has 1 atom stereocenters. The minimum atomic E-state index is -0.137. The van der Waals surface area contributed by atoms with Crippen molar-refractivity contribution in [1.29, 1.82) is 0 Å². The van der Waals surface area contributed by atoms with Gasteiger partial charge >= 0.3 is 0 Å². The van der Waals surface area contributed by atoms with Gasteiger partial charge in [-0.2, -0.15) is 4.98 Å². The lowest BCUT2D eigenvalue weighted by Crippen LogP contribution is -2.27. The van der Waals surface area contributed by atoms with E-state index >= 15 is 0 Å². The van der Waals surface area contributed by atoms with Gasteiger partial charge < -0.3 is 25.7 Å². The first-order chi connectivity index (χ1) is 20.2. The normalized spacial score (nSPS) is 15.3. The van der Waals surface area contributed by atoms with E-state index in [1.54, 1.807) is 12.4 Å². The summed E-state index contributed by atoms with van der Waals surface area (Å²) in [4.78, 5) is 29.0. The van der Waals surface area contributed by atoms with Crippen molar-refractivity contribution in [3.05, 3.63) is 96.1 Å².